The van der Waals surface area contributed by atoms with Crippen molar-refractivity contribution in [2.75, 3.05) is 19.5 Å². The van der Waals surface area contributed by atoms with E-state index in [0.29, 0.717) is 22.7 Å². The number of benzene rings is 2. The first-order valence-corrected chi connectivity index (χ1v) is 9.45. The van der Waals surface area contributed by atoms with E-state index in [9.17, 15) is 14.4 Å². The zero-order valence-electron chi connectivity index (χ0n) is 18.1. The Morgan fingerprint density at radius 1 is 0.867 bits per heavy atom. The van der Waals surface area contributed by atoms with Crippen LogP contribution < -0.4 is 14.8 Å². The highest BCUT2D eigenvalue weighted by molar-refractivity contribution is 6.02. The molecular weight excluding hydrogens is 386 g/mol. The van der Waals surface area contributed by atoms with E-state index >= 15 is 0 Å². The van der Waals surface area contributed by atoms with Gasteiger partial charge in [0.05, 0.1) is 19.8 Å². The molecule has 160 valence electrons. The van der Waals surface area contributed by atoms with Crippen LogP contribution in [0.2, 0.25) is 0 Å². The maximum absolute atomic E-state index is 12.6. The summed E-state index contributed by atoms with van der Waals surface area (Å²) in [7, 11) is 2.96. The lowest BCUT2D eigenvalue weighted by atomic mass is 9.95. The van der Waals surface area contributed by atoms with E-state index in [1.54, 1.807) is 30.3 Å². The third-order valence-electron chi connectivity index (χ3n) is 4.38. The number of rotatable bonds is 7. The van der Waals surface area contributed by atoms with Crippen LogP contribution in [0, 0.1) is 5.41 Å². The normalized spacial score (nSPS) is 11.9. The van der Waals surface area contributed by atoms with E-state index in [4.69, 9.17) is 14.2 Å². The summed E-state index contributed by atoms with van der Waals surface area (Å²) in [5, 5.41) is 2.79. The minimum atomic E-state index is -0.986. The van der Waals surface area contributed by atoms with Gasteiger partial charge in [0.1, 0.15) is 0 Å². The van der Waals surface area contributed by atoms with Gasteiger partial charge in [-0.05, 0) is 49.4 Å². The molecule has 2 aromatic rings. The number of carbonyl (C=O) groups excluding carboxylic acids is 3. The number of carbonyl (C=O) groups is 3. The van der Waals surface area contributed by atoms with Crippen molar-refractivity contribution in [3.8, 4) is 11.5 Å². The Morgan fingerprint density at radius 3 is 1.97 bits per heavy atom. The maximum atomic E-state index is 12.6. The van der Waals surface area contributed by atoms with E-state index in [1.807, 2.05) is 20.8 Å². The van der Waals surface area contributed by atoms with Crippen LogP contribution in [-0.2, 0) is 9.53 Å². The lowest BCUT2D eigenvalue weighted by Gasteiger charge is -2.18. The van der Waals surface area contributed by atoms with Crippen LogP contribution in [0.15, 0.2) is 42.5 Å². The number of ether oxygens (including phenoxy) is 3. The molecule has 1 amide bonds. The highest BCUT2D eigenvalue weighted by Gasteiger charge is 2.23. The van der Waals surface area contributed by atoms with Gasteiger partial charge in [-0.1, -0.05) is 20.8 Å². The van der Waals surface area contributed by atoms with Gasteiger partial charge in [-0.15, -0.1) is 0 Å². The molecular formula is C23H27NO6. The Kier molecular flexibility index (Phi) is 7.21. The molecule has 0 saturated carbocycles. The first-order valence-electron chi connectivity index (χ1n) is 9.45. The molecule has 0 aliphatic carbocycles. The molecule has 0 bridgehead atoms. The number of anilines is 1. The third-order valence-corrected chi connectivity index (χ3v) is 4.38. The Morgan fingerprint density at radius 2 is 1.43 bits per heavy atom. The van der Waals surface area contributed by atoms with Gasteiger partial charge in [0, 0.05) is 16.7 Å². The monoisotopic (exact) mass is 413 g/mol. The summed E-state index contributed by atoms with van der Waals surface area (Å²) >= 11 is 0. The van der Waals surface area contributed by atoms with Gasteiger partial charge in [0.15, 0.2) is 17.6 Å². The smallest absolute Gasteiger partial charge is 0.338 e. The van der Waals surface area contributed by atoms with E-state index in [2.05, 4.69) is 5.32 Å². The fraction of sp³-hybridized carbons (Fsp3) is 0.348. The van der Waals surface area contributed by atoms with Crippen LogP contribution in [0.25, 0.3) is 0 Å². The predicted octanol–water partition coefficient (Wildman–Crippen LogP) is 4.12. The van der Waals surface area contributed by atoms with Gasteiger partial charge in [-0.3, -0.25) is 9.59 Å². The first kappa shape index (κ1) is 22.9. The van der Waals surface area contributed by atoms with Crippen molar-refractivity contribution in [1.29, 1.82) is 0 Å². The topological polar surface area (TPSA) is 90.9 Å². The quantitative estimate of drug-likeness (QED) is 0.542. The van der Waals surface area contributed by atoms with Crippen LogP contribution in [0.5, 0.6) is 11.5 Å². The number of hydrogen-bond acceptors (Lipinski definition) is 6. The summed E-state index contributed by atoms with van der Waals surface area (Å²) < 4.78 is 15.6. The van der Waals surface area contributed by atoms with Gasteiger partial charge < -0.3 is 19.5 Å². The van der Waals surface area contributed by atoms with Gasteiger partial charge >= 0.3 is 5.97 Å². The highest BCUT2D eigenvalue weighted by atomic mass is 16.5. The van der Waals surface area contributed by atoms with Crippen LogP contribution in [0.3, 0.4) is 0 Å². The molecule has 0 radical (unpaired) electrons. The zero-order valence-corrected chi connectivity index (χ0v) is 18.1. The minimum Gasteiger partial charge on any atom is -0.493 e. The molecule has 7 nitrogen and oxygen atoms in total. The third kappa shape index (κ3) is 5.59. The summed E-state index contributed by atoms with van der Waals surface area (Å²) in [5.74, 6) is -0.252. The second-order valence-corrected chi connectivity index (χ2v) is 7.76. The highest BCUT2D eigenvalue weighted by Crippen LogP contribution is 2.28. The largest absolute Gasteiger partial charge is 0.493 e. The number of nitrogens with one attached hydrogen (secondary N) is 1. The van der Waals surface area contributed by atoms with Crippen LogP contribution >= 0.6 is 0 Å². The Balaban J connectivity index is 2.05. The molecule has 0 aromatic heterocycles. The van der Waals surface area contributed by atoms with Gasteiger partial charge in [0.2, 0.25) is 11.7 Å². The van der Waals surface area contributed by atoms with Gasteiger partial charge in [-0.25, -0.2) is 4.79 Å². The van der Waals surface area contributed by atoms with Crippen LogP contribution in [-0.4, -0.2) is 38.0 Å². The number of hydrogen-bond donors (Lipinski definition) is 1. The van der Waals surface area contributed by atoms with Crippen LogP contribution in [0.1, 0.15) is 48.4 Å². The molecule has 0 aliphatic rings. The molecule has 0 fully saturated rings. The van der Waals surface area contributed by atoms with Crippen molar-refractivity contribution in [1.82, 2.24) is 0 Å². The molecule has 0 aliphatic heterocycles. The fourth-order valence-electron chi connectivity index (χ4n) is 2.52. The van der Waals surface area contributed by atoms with Crippen LogP contribution in [0.4, 0.5) is 5.69 Å². The SMILES string of the molecule is COc1ccc(C(=O)O[C@H](C)C(=O)c2ccc(NC(=O)C(C)(C)C)cc2)cc1OC. The van der Waals surface area contributed by atoms with Crippen molar-refractivity contribution in [3.05, 3.63) is 53.6 Å². The second-order valence-electron chi connectivity index (χ2n) is 7.76. The molecule has 1 N–H and O–H groups in total. The minimum absolute atomic E-state index is 0.126. The number of Topliss-reactive ketones (excluding diaryl/α,β-unsaturated/α-hetero) is 1. The molecule has 30 heavy (non-hydrogen) atoms. The van der Waals surface area contributed by atoms with Gasteiger partial charge in [0.25, 0.3) is 0 Å². The van der Waals surface area contributed by atoms with Crippen molar-refractivity contribution >= 4 is 23.3 Å². The Bertz CT molecular complexity index is 928. The van der Waals surface area contributed by atoms with Crippen molar-refractivity contribution in [2.24, 2.45) is 5.41 Å². The Hall–Kier alpha value is -3.35. The summed E-state index contributed by atoms with van der Waals surface area (Å²) in [6.45, 7) is 6.95. The van der Waals surface area contributed by atoms with E-state index in [-0.39, 0.29) is 17.3 Å². The molecule has 1 atom stereocenters. The average Bonchev–Trinajstić information content (AvgIpc) is 2.72. The molecule has 0 saturated heterocycles. The first-order chi connectivity index (χ1) is 14.1. The molecule has 7 heteroatoms. The molecule has 0 unspecified atom stereocenters. The molecule has 2 aromatic carbocycles. The summed E-state index contributed by atoms with van der Waals surface area (Å²) in [6.07, 6.45) is -0.986. The van der Waals surface area contributed by atoms with Crippen molar-refractivity contribution in [3.63, 3.8) is 0 Å². The Labute approximate surface area is 176 Å². The number of methoxy groups -OCH3 is 2. The summed E-state index contributed by atoms with van der Waals surface area (Å²) in [5.41, 5.74) is 0.673. The number of ketones is 1. The second kappa shape index (κ2) is 9.43. The fourth-order valence-corrected chi connectivity index (χ4v) is 2.52. The van der Waals surface area contributed by atoms with Crippen molar-refractivity contribution < 1.29 is 28.6 Å². The van der Waals surface area contributed by atoms with E-state index in [1.165, 1.54) is 33.3 Å². The molecule has 0 heterocycles. The number of amides is 1. The molecule has 2 rings (SSSR count). The van der Waals surface area contributed by atoms with E-state index < -0.39 is 17.5 Å². The lowest BCUT2D eigenvalue weighted by Crippen LogP contribution is -2.27. The lowest BCUT2D eigenvalue weighted by molar-refractivity contribution is -0.123. The standard InChI is InChI=1S/C23H27NO6/c1-14(30-21(26)16-9-12-18(28-5)19(13-16)29-6)20(25)15-7-10-17(11-8-15)24-22(27)23(2,3)4/h7-14H,1-6H3,(H,24,27)/t14-/m1/s1. The van der Waals surface area contributed by atoms with E-state index in [0.717, 1.165) is 0 Å². The summed E-state index contributed by atoms with van der Waals surface area (Å²) in [6, 6.07) is 11.1. The molecule has 0 spiro atoms. The summed E-state index contributed by atoms with van der Waals surface area (Å²) in [4.78, 5) is 37.1. The zero-order chi connectivity index (χ0) is 22.5. The number of esters is 1. The predicted molar refractivity (Wildman–Crippen MR) is 113 cm³/mol. The maximum Gasteiger partial charge on any atom is 0.338 e. The van der Waals surface area contributed by atoms with Gasteiger partial charge in [-0.2, -0.15) is 0 Å². The average molecular weight is 413 g/mol. The van der Waals surface area contributed by atoms with Crippen molar-refractivity contribution in [2.45, 2.75) is 33.8 Å².